The molecule has 0 radical (unpaired) electrons. The number of aryl methyl sites for hydroxylation is 1. The quantitative estimate of drug-likeness (QED) is 0.690. The average molecular weight is 268 g/mol. The van der Waals surface area contributed by atoms with E-state index in [0.29, 0.717) is 18.3 Å². The number of halogens is 3. The van der Waals surface area contributed by atoms with E-state index in [4.69, 9.17) is 4.74 Å². The molecule has 1 aromatic rings. The van der Waals surface area contributed by atoms with Crippen LogP contribution in [0.5, 0.6) is 5.75 Å². The molecular weight excluding hydrogens is 255 g/mol. The van der Waals surface area contributed by atoms with Crippen LogP contribution in [0, 0.1) is 12.8 Å². The van der Waals surface area contributed by atoms with E-state index in [-0.39, 0.29) is 56.9 Å². The summed E-state index contributed by atoms with van der Waals surface area (Å²) in [5.41, 5.74) is -0.292. The fourth-order valence-electron chi connectivity index (χ4n) is 1.60. The first kappa shape index (κ1) is 15.6. The summed E-state index contributed by atoms with van der Waals surface area (Å²) in [6.45, 7) is -2.83. The van der Waals surface area contributed by atoms with Crippen LogP contribution in [-0.2, 0) is 0 Å². The van der Waals surface area contributed by atoms with E-state index in [0.717, 1.165) is 6.07 Å². The summed E-state index contributed by atoms with van der Waals surface area (Å²) in [4.78, 5) is 0. The van der Waals surface area contributed by atoms with Gasteiger partial charge in [-0.25, -0.2) is 0 Å². The number of hydrogen-bond acceptors (Lipinski definition) is 1. The predicted molar refractivity (Wildman–Crippen MR) is 58.1 cm³/mol. The van der Waals surface area contributed by atoms with E-state index in [2.05, 4.69) is 0 Å². The van der Waals surface area contributed by atoms with Crippen molar-refractivity contribution in [3.63, 3.8) is 0 Å². The molecular formula is C11H13BF3KO. The molecule has 1 aliphatic carbocycles. The topological polar surface area (TPSA) is 9.23 Å². The van der Waals surface area contributed by atoms with Gasteiger partial charge in [0.05, 0.1) is 6.61 Å². The molecule has 0 amide bonds. The van der Waals surface area contributed by atoms with Crippen LogP contribution >= 0.6 is 0 Å². The standard InChI is InChI=1S/C11H13BF3O.K/c1-8-6-10(16-7-9-2-3-9)4-5-11(8)12(13,14)15;/h4-6,9H,2-3,7H2,1H3;/q-1;+1. The Hall–Kier alpha value is 0.511. The summed E-state index contributed by atoms with van der Waals surface area (Å²) in [5.74, 6) is 1.14. The first-order valence-corrected chi connectivity index (χ1v) is 5.40. The molecule has 0 N–H and O–H groups in total. The van der Waals surface area contributed by atoms with Crippen molar-refractivity contribution in [3.05, 3.63) is 23.8 Å². The van der Waals surface area contributed by atoms with Crippen LogP contribution in [0.25, 0.3) is 0 Å². The molecule has 0 aromatic heterocycles. The van der Waals surface area contributed by atoms with Crippen LogP contribution < -0.4 is 61.6 Å². The molecule has 1 aliphatic rings. The van der Waals surface area contributed by atoms with Crippen molar-refractivity contribution in [3.8, 4) is 5.75 Å². The van der Waals surface area contributed by atoms with Gasteiger partial charge in [-0.3, -0.25) is 0 Å². The average Bonchev–Trinajstić information content (AvgIpc) is 2.96. The summed E-state index contributed by atoms with van der Waals surface area (Å²) >= 11 is 0. The molecule has 17 heavy (non-hydrogen) atoms. The Morgan fingerprint density at radius 3 is 2.41 bits per heavy atom. The minimum Gasteiger partial charge on any atom is -0.493 e. The third kappa shape index (κ3) is 4.59. The summed E-state index contributed by atoms with van der Waals surface area (Å²) < 4.78 is 43.0. The van der Waals surface area contributed by atoms with Gasteiger partial charge < -0.3 is 17.7 Å². The third-order valence-electron chi connectivity index (χ3n) is 2.78. The molecule has 88 valence electrons. The van der Waals surface area contributed by atoms with Gasteiger partial charge in [-0.1, -0.05) is 11.6 Å². The van der Waals surface area contributed by atoms with Gasteiger partial charge in [0.1, 0.15) is 5.75 Å². The van der Waals surface area contributed by atoms with Gasteiger partial charge in [-0.15, -0.1) is 5.46 Å². The molecule has 1 fully saturated rings. The molecule has 6 heteroatoms. The van der Waals surface area contributed by atoms with E-state index < -0.39 is 12.4 Å². The van der Waals surface area contributed by atoms with Crippen LogP contribution in [0.4, 0.5) is 12.9 Å². The Morgan fingerprint density at radius 1 is 1.29 bits per heavy atom. The zero-order valence-corrected chi connectivity index (χ0v) is 13.2. The second-order valence-corrected chi connectivity index (χ2v) is 4.35. The van der Waals surface area contributed by atoms with Crippen molar-refractivity contribution in [2.75, 3.05) is 6.61 Å². The molecule has 0 unspecified atom stereocenters. The number of hydrogen-bond donors (Lipinski definition) is 0. The zero-order valence-electron chi connectivity index (χ0n) is 10.1. The zero-order chi connectivity index (χ0) is 11.8. The van der Waals surface area contributed by atoms with Crippen LogP contribution in [-0.4, -0.2) is 13.6 Å². The molecule has 0 bridgehead atoms. The van der Waals surface area contributed by atoms with E-state index in [1.165, 1.54) is 31.9 Å². The fourth-order valence-corrected chi connectivity index (χ4v) is 1.60. The molecule has 0 saturated heterocycles. The summed E-state index contributed by atoms with van der Waals surface area (Å²) in [6.07, 6.45) is 2.34. The summed E-state index contributed by atoms with van der Waals surface area (Å²) in [7, 11) is 0. The van der Waals surface area contributed by atoms with Gasteiger partial charge in [-0.05, 0) is 37.8 Å². The summed E-state index contributed by atoms with van der Waals surface area (Å²) in [6, 6.07) is 3.98. The van der Waals surface area contributed by atoms with Gasteiger partial charge in [-0.2, -0.15) is 0 Å². The molecule has 1 aromatic carbocycles. The van der Waals surface area contributed by atoms with Crippen LogP contribution in [0.2, 0.25) is 0 Å². The largest absolute Gasteiger partial charge is 1.00 e. The van der Waals surface area contributed by atoms with Gasteiger partial charge >= 0.3 is 58.4 Å². The number of rotatable bonds is 4. The second kappa shape index (κ2) is 6.10. The SMILES string of the molecule is Cc1cc(OCC2CC2)ccc1[B-](F)(F)F.[K+]. The van der Waals surface area contributed by atoms with Crippen LogP contribution in [0.15, 0.2) is 18.2 Å². The van der Waals surface area contributed by atoms with Crippen molar-refractivity contribution in [1.29, 1.82) is 0 Å². The van der Waals surface area contributed by atoms with Gasteiger partial charge in [0.2, 0.25) is 0 Å². The van der Waals surface area contributed by atoms with Gasteiger partial charge in [0, 0.05) is 0 Å². The predicted octanol–water partition coefficient (Wildman–Crippen LogP) is -0.158. The van der Waals surface area contributed by atoms with Crippen molar-refractivity contribution in [2.24, 2.45) is 5.92 Å². The van der Waals surface area contributed by atoms with E-state index in [9.17, 15) is 12.9 Å². The van der Waals surface area contributed by atoms with E-state index in [1.807, 2.05) is 0 Å². The fraction of sp³-hybridized carbons (Fsp3) is 0.455. The van der Waals surface area contributed by atoms with Gasteiger partial charge in [0.25, 0.3) is 0 Å². The Balaban J connectivity index is 0.00000144. The van der Waals surface area contributed by atoms with E-state index >= 15 is 0 Å². The molecule has 0 spiro atoms. The molecule has 2 rings (SSSR count). The number of ether oxygens (including phenoxy) is 1. The van der Waals surface area contributed by atoms with E-state index in [1.54, 1.807) is 0 Å². The summed E-state index contributed by atoms with van der Waals surface area (Å²) in [5, 5.41) is 0. The molecule has 1 saturated carbocycles. The maximum atomic E-state index is 12.5. The molecule has 0 aliphatic heterocycles. The van der Waals surface area contributed by atoms with Crippen molar-refractivity contribution in [2.45, 2.75) is 19.8 Å². The third-order valence-corrected chi connectivity index (χ3v) is 2.78. The maximum Gasteiger partial charge on any atom is 1.00 e. The monoisotopic (exact) mass is 268 g/mol. The first-order valence-electron chi connectivity index (χ1n) is 5.40. The van der Waals surface area contributed by atoms with Gasteiger partial charge in [0.15, 0.2) is 0 Å². The Bertz CT molecular complexity index is 391. The Morgan fingerprint density at radius 2 is 1.94 bits per heavy atom. The van der Waals surface area contributed by atoms with Crippen molar-refractivity contribution in [1.82, 2.24) is 0 Å². The van der Waals surface area contributed by atoms with Crippen molar-refractivity contribution >= 4 is 12.4 Å². The van der Waals surface area contributed by atoms with Crippen molar-refractivity contribution < 1.29 is 69.1 Å². The smallest absolute Gasteiger partial charge is 0.493 e. The Kier molecular flexibility index (Phi) is 5.59. The maximum absolute atomic E-state index is 12.5. The first-order chi connectivity index (χ1) is 7.47. The Labute approximate surface area is 142 Å². The normalized spacial score (nSPS) is 15.3. The second-order valence-electron chi connectivity index (χ2n) is 4.35. The minimum absolute atomic E-state index is 0. The van der Waals surface area contributed by atoms with Crippen LogP contribution in [0.1, 0.15) is 18.4 Å². The molecule has 1 nitrogen and oxygen atoms in total. The number of benzene rings is 1. The molecule has 0 heterocycles. The minimum atomic E-state index is -4.91. The molecule has 0 atom stereocenters. The van der Waals surface area contributed by atoms with Crippen LogP contribution in [0.3, 0.4) is 0 Å².